The van der Waals surface area contributed by atoms with Gasteiger partial charge in [-0.2, -0.15) is 0 Å². The zero-order chi connectivity index (χ0) is 10.1. The van der Waals surface area contributed by atoms with E-state index in [0.717, 1.165) is 37.5 Å². The Morgan fingerprint density at radius 1 is 1.50 bits per heavy atom. The molecule has 0 radical (unpaired) electrons. The van der Waals surface area contributed by atoms with Crippen molar-refractivity contribution in [2.45, 2.75) is 32.9 Å². The summed E-state index contributed by atoms with van der Waals surface area (Å²) in [6.07, 6.45) is 2.03. The Kier molecular flexibility index (Phi) is 2.61. The summed E-state index contributed by atoms with van der Waals surface area (Å²) >= 11 is 0. The Morgan fingerprint density at radius 3 is 2.93 bits per heavy atom. The third-order valence-electron chi connectivity index (χ3n) is 2.97. The van der Waals surface area contributed by atoms with Crippen LogP contribution in [0.3, 0.4) is 0 Å². The largest absolute Gasteiger partial charge is 0.464 e. The number of nitrogens with zero attached hydrogens (tertiary/aromatic N) is 1. The smallest absolute Gasteiger partial charge is 0.121 e. The van der Waals surface area contributed by atoms with Crippen molar-refractivity contribution in [1.82, 2.24) is 4.90 Å². The number of furan rings is 1. The molecule has 1 aromatic heterocycles. The van der Waals surface area contributed by atoms with Gasteiger partial charge in [0, 0.05) is 30.6 Å². The molecule has 0 atom stereocenters. The van der Waals surface area contributed by atoms with Gasteiger partial charge >= 0.3 is 0 Å². The lowest BCUT2D eigenvalue weighted by atomic mass is 10.0. The van der Waals surface area contributed by atoms with Gasteiger partial charge in [0.25, 0.3) is 0 Å². The molecule has 78 valence electrons. The Balaban J connectivity index is 2.40. The van der Waals surface area contributed by atoms with Crippen LogP contribution in [0.1, 0.15) is 29.6 Å². The van der Waals surface area contributed by atoms with E-state index in [2.05, 4.69) is 18.9 Å². The SMILES string of the molecule is CCc1oc2c(c1CN)CCN(C)C2. The zero-order valence-electron chi connectivity index (χ0n) is 8.97. The number of nitrogens with two attached hydrogens (primary N) is 1. The van der Waals surface area contributed by atoms with Crippen LogP contribution < -0.4 is 5.73 Å². The minimum atomic E-state index is 0.617. The summed E-state index contributed by atoms with van der Waals surface area (Å²) in [5.74, 6) is 2.23. The average molecular weight is 194 g/mol. The number of hydrogen-bond acceptors (Lipinski definition) is 3. The third-order valence-corrected chi connectivity index (χ3v) is 2.97. The van der Waals surface area contributed by atoms with Crippen molar-refractivity contribution in [2.24, 2.45) is 5.73 Å². The summed E-state index contributed by atoms with van der Waals surface area (Å²) in [5, 5.41) is 0. The van der Waals surface area contributed by atoms with Gasteiger partial charge in [-0.1, -0.05) is 6.92 Å². The second-order valence-corrected chi connectivity index (χ2v) is 3.95. The number of hydrogen-bond donors (Lipinski definition) is 1. The molecule has 1 aliphatic rings. The molecule has 0 saturated heterocycles. The maximum absolute atomic E-state index is 5.83. The van der Waals surface area contributed by atoms with Gasteiger partial charge in [0.15, 0.2) is 0 Å². The van der Waals surface area contributed by atoms with Crippen molar-refractivity contribution in [1.29, 1.82) is 0 Å². The van der Waals surface area contributed by atoms with Crippen molar-refractivity contribution in [3.8, 4) is 0 Å². The van der Waals surface area contributed by atoms with Crippen LogP contribution >= 0.6 is 0 Å². The van der Waals surface area contributed by atoms with Crippen LogP contribution in [0.2, 0.25) is 0 Å². The van der Waals surface area contributed by atoms with Crippen molar-refractivity contribution in [2.75, 3.05) is 13.6 Å². The quantitative estimate of drug-likeness (QED) is 0.771. The van der Waals surface area contributed by atoms with Gasteiger partial charge in [0.05, 0.1) is 6.54 Å². The molecule has 3 heteroatoms. The molecule has 0 fully saturated rings. The van der Waals surface area contributed by atoms with E-state index in [1.54, 1.807) is 0 Å². The maximum Gasteiger partial charge on any atom is 0.121 e. The Morgan fingerprint density at radius 2 is 2.29 bits per heavy atom. The van der Waals surface area contributed by atoms with E-state index in [0.29, 0.717) is 6.54 Å². The molecular weight excluding hydrogens is 176 g/mol. The molecule has 0 spiro atoms. The predicted molar refractivity (Wildman–Crippen MR) is 56.0 cm³/mol. The lowest BCUT2D eigenvalue weighted by Gasteiger charge is -2.21. The van der Waals surface area contributed by atoms with Crippen LogP contribution in [0.15, 0.2) is 4.42 Å². The summed E-state index contributed by atoms with van der Waals surface area (Å²) < 4.78 is 5.83. The first-order valence-corrected chi connectivity index (χ1v) is 5.27. The highest BCUT2D eigenvalue weighted by atomic mass is 16.3. The molecule has 0 unspecified atom stereocenters. The zero-order valence-corrected chi connectivity index (χ0v) is 8.97. The van der Waals surface area contributed by atoms with Crippen LogP contribution in [0.4, 0.5) is 0 Å². The Hall–Kier alpha value is -0.800. The predicted octanol–water partition coefficient (Wildman–Crippen LogP) is 1.29. The number of aryl methyl sites for hydroxylation is 1. The average Bonchev–Trinajstić information content (AvgIpc) is 2.54. The molecule has 1 aliphatic heterocycles. The van der Waals surface area contributed by atoms with Crippen LogP contribution in [-0.4, -0.2) is 18.5 Å². The van der Waals surface area contributed by atoms with E-state index < -0.39 is 0 Å². The Labute approximate surface area is 84.9 Å². The Bertz CT molecular complexity index is 330. The van der Waals surface area contributed by atoms with Gasteiger partial charge in [-0.15, -0.1) is 0 Å². The van der Waals surface area contributed by atoms with Crippen molar-refractivity contribution < 1.29 is 4.42 Å². The topological polar surface area (TPSA) is 42.4 Å². The van der Waals surface area contributed by atoms with Crippen molar-refractivity contribution >= 4 is 0 Å². The monoisotopic (exact) mass is 194 g/mol. The van der Waals surface area contributed by atoms with E-state index >= 15 is 0 Å². The van der Waals surface area contributed by atoms with E-state index in [1.807, 2.05) is 0 Å². The van der Waals surface area contributed by atoms with Crippen molar-refractivity contribution in [3.05, 3.63) is 22.6 Å². The standard InChI is InChI=1S/C11H18N2O/c1-3-10-9(6-12)8-4-5-13(2)7-11(8)14-10/h3-7,12H2,1-2H3. The molecule has 0 saturated carbocycles. The molecular formula is C11H18N2O. The van der Waals surface area contributed by atoms with Gasteiger partial charge in [-0.05, 0) is 13.5 Å². The first-order chi connectivity index (χ1) is 6.76. The van der Waals surface area contributed by atoms with Gasteiger partial charge in [0.1, 0.15) is 11.5 Å². The highest BCUT2D eigenvalue weighted by molar-refractivity contribution is 5.35. The fraction of sp³-hybridized carbons (Fsp3) is 0.636. The molecule has 0 aliphatic carbocycles. The maximum atomic E-state index is 5.83. The minimum Gasteiger partial charge on any atom is -0.464 e. The lowest BCUT2D eigenvalue weighted by molar-refractivity contribution is 0.273. The van der Waals surface area contributed by atoms with Gasteiger partial charge in [-0.3, -0.25) is 4.90 Å². The number of fused-ring (bicyclic) bond motifs is 1. The van der Waals surface area contributed by atoms with Crippen LogP contribution in [0.25, 0.3) is 0 Å². The van der Waals surface area contributed by atoms with E-state index in [-0.39, 0.29) is 0 Å². The molecule has 3 nitrogen and oxygen atoms in total. The first kappa shape index (κ1) is 9.74. The molecule has 0 bridgehead atoms. The van der Waals surface area contributed by atoms with Crippen LogP contribution in [0.5, 0.6) is 0 Å². The second-order valence-electron chi connectivity index (χ2n) is 3.95. The molecule has 0 amide bonds. The minimum absolute atomic E-state index is 0.617. The normalized spacial score (nSPS) is 17.1. The molecule has 2 rings (SSSR count). The van der Waals surface area contributed by atoms with Gasteiger partial charge in [0.2, 0.25) is 0 Å². The number of rotatable bonds is 2. The van der Waals surface area contributed by atoms with Gasteiger partial charge in [-0.25, -0.2) is 0 Å². The fourth-order valence-electron chi connectivity index (χ4n) is 2.18. The molecule has 2 N–H and O–H groups in total. The second kappa shape index (κ2) is 3.75. The van der Waals surface area contributed by atoms with E-state index in [9.17, 15) is 0 Å². The fourth-order valence-corrected chi connectivity index (χ4v) is 2.18. The summed E-state index contributed by atoms with van der Waals surface area (Å²) in [7, 11) is 2.12. The van der Waals surface area contributed by atoms with Crippen LogP contribution in [0, 0.1) is 0 Å². The first-order valence-electron chi connectivity index (χ1n) is 5.27. The molecule has 0 aromatic carbocycles. The van der Waals surface area contributed by atoms with Gasteiger partial charge < -0.3 is 10.2 Å². The van der Waals surface area contributed by atoms with Crippen molar-refractivity contribution in [3.63, 3.8) is 0 Å². The van der Waals surface area contributed by atoms with E-state index in [4.69, 9.17) is 10.2 Å². The summed E-state index contributed by atoms with van der Waals surface area (Å²) in [4.78, 5) is 2.28. The summed E-state index contributed by atoms with van der Waals surface area (Å²) in [5.41, 5.74) is 8.39. The third kappa shape index (κ3) is 1.47. The van der Waals surface area contributed by atoms with Crippen LogP contribution in [-0.2, 0) is 25.9 Å². The van der Waals surface area contributed by atoms with E-state index in [1.165, 1.54) is 11.1 Å². The molecule has 1 aromatic rings. The number of likely N-dealkylation sites (N-methyl/N-ethyl adjacent to an activating group) is 1. The molecule has 2 heterocycles. The highest BCUT2D eigenvalue weighted by Crippen LogP contribution is 2.27. The summed E-state index contributed by atoms with van der Waals surface area (Å²) in [6, 6.07) is 0. The molecule has 14 heavy (non-hydrogen) atoms. The summed E-state index contributed by atoms with van der Waals surface area (Å²) in [6.45, 7) is 4.78. The highest BCUT2D eigenvalue weighted by Gasteiger charge is 2.22. The lowest BCUT2D eigenvalue weighted by Crippen LogP contribution is -2.26.